The number of thiazole rings is 1. The molecule has 3 N–H and O–H groups in total. The number of nitrogens with one attached hydrogen (secondary N) is 2. The number of piperidine rings is 1. The first kappa shape index (κ1) is 52.4. The van der Waals surface area contributed by atoms with E-state index in [0.29, 0.717) is 75.6 Å². The number of fused-ring (bicyclic) bond motifs is 1. The molecule has 4 aliphatic rings. The lowest BCUT2D eigenvalue weighted by Gasteiger charge is -2.39. The van der Waals surface area contributed by atoms with Crippen LogP contribution in [0.2, 0.25) is 0 Å². The van der Waals surface area contributed by atoms with Crippen LogP contribution in [0.15, 0.2) is 59.1 Å². The second kappa shape index (κ2) is 22.2. The van der Waals surface area contributed by atoms with Crippen molar-refractivity contribution >= 4 is 57.5 Å². The molecule has 4 aromatic heterocycles. The third kappa shape index (κ3) is 11.4. The molecule has 3 aliphatic heterocycles. The summed E-state index contributed by atoms with van der Waals surface area (Å²) in [7, 11) is 0. The van der Waals surface area contributed by atoms with E-state index in [1.807, 2.05) is 85.6 Å². The third-order valence-corrected chi connectivity index (χ3v) is 16.4. The zero-order valence-corrected chi connectivity index (χ0v) is 44.3. The number of carbonyl (C=O) groups excluding carboxylic acids is 5. The van der Waals surface area contributed by atoms with Crippen molar-refractivity contribution < 1.29 is 29.1 Å². The van der Waals surface area contributed by atoms with Crippen molar-refractivity contribution in [3.63, 3.8) is 0 Å². The van der Waals surface area contributed by atoms with Crippen LogP contribution >= 0.6 is 11.3 Å². The highest BCUT2D eigenvalue weighted by atomic mass is 32.1. The molecule has 1 aliphatic carbocycles. The highest BCUT2D eigenvalue weighted by Gasteiger charge is 2.45. The van der Waals surface area contributed by atoms with E-state index in [1.165, 1.54) is 11.8 Å². The maximum absolute atomic E-state index is 14.2. The van der Waals surface area contributed by atoms with Crippen molar-refractivity contribution in [3.8, 4) is 10.4 Å². The molecule has 1 saturated carbocycles. The predicted octanol–water partition coefficient (Wildman–Crippen LogP) is 5.01. The molecule has 0 spiro atoms. The van der Waals surface area contributed by atoms with Gasteiger partial charge in [0.15, 0.2) is 5.78 Å². The number of anilines is 1. The monoisotopic (exact) mass is 1030 g/mol. The molecule has 0 unspecified atom stereocenters. The van der Waals surface area contributed by atoms with Gasteiger partial charge in [-0.25, -0.2) is 15.0 Å². The van der Waals surface area contributed by atoms with Gasteiger partial charge in [0.1, 0.15) is 23.6 Å². The minimum atomic E-state index is -0.937. The molecule has 9 rings (SSSR count). The van der Waals surface area contributed by atoms with Gasteiger partial charge in [0.05, 0.1) is 52.6 Å². The maximum Gasteiger partial charge on any atom is 0.263 e. The van der Waals surface area contributed by atoms with Crippen molar-refractivity contribution in [1.29, 1.82) is 0 Å². The van der Waals surface area contributed by atoms with Gasteiger partial charge < -0.3 is 30.4 Å². The molecule has 0 radical (unpaired) electrons. The molecule has 5 aromatic rings. The number of hydrogen-bond acceptors (Lipinski definition) is 14. The van der Waals surface area contributed by atoms with Gasteiger partial charge in [-0.2, -0.15) is 0 Å². The van der Waals surface area contributed by atoms with E-state index in [4.69, 9.17) is 9.97 Å². The van der Waals surface area contributed by atoms with Crippen molar-refractivity contribution in [2.45, 2.75) is 124 Å². The Bertz CT molecular complexity index is 2950. The molecule has 18 nitrogen and oxygen atoms in total. The summed E-state index contributed by atoms with van der Waals surface area (Å²) in [4.78, 5) is 109. The van der Waals surface area contributed by atoms with E-state index < -0.39 is 29.5 Å². The fourth-order valence-corrected chi connectivity index (χ4v) is 12.0. The molecule has 4 amide bonds. The summed E-state index contributed by atoms with van der Waals surface area (Å²) in [6.45, 7) is 14.8. The molecule has 74 heavy (non-hydrogen) atoms. The van der Waals surface area contributed by atoms with E-state index in [1.54, 1.807) is 29.0 Å². The Balaban J connectivity index is 0.731. The zero-order valence-electron chi connectivity index (χ0n) is 43.4. The van der Waals surface area contributed by atoms with Gasteiger partial charge >= 0.3 is 0 Å². The van der Waals surface area contributed by atoms with Gasteiger partial charge in [-0.3, -0.25) is 43.2 Å². The average molecular weight is 1030 g/mol. The summed E-state index contributed by atoms with van der Waals surface area (Å²) in [5.41, 5.74) is 6.92. The van der Waals surface area contributed by atoms with Crippen LogP contribution < -0.4 is 21.1 Å². The van der Waals surface area contributed by atoms with Crippen LogP contribution in [0.25, 0.3) is 21.5 Å². The van der Waals surface area contributed by atoms with Gasteiger partial charge in [-0.05, 0) is 93.8 Å². The third-order valence-electron chi connectivity index (χ3n) is 15.4. The number of aromatic nitrogens is 5. The van der Waals surface area contributed by atoms with Crippen molar-refractivity contribution in [1.82, 2.24) is 49.8 Å². The summed E-state index contributed by atoms with van der Waals surface area (Å²) in [6.07, 6.45) is 8.24. The Labute approximate surface area is 436 Å². The number of aryl methyl sites for hydroxylation is 2. The van der Waals surface area contributed by atoms with Crippen LogP contribution in [0.3, 0.4) is 0 Å². The lowest BCUT2D eigenvalue weighted by atomic mass is 9.85. The molecule has 392 valence electrons. The minimum Gasteiger partial charge on any atom is -0.391 e. The molecule has 3 saturated heterocycles. The lowest BCUT2D eigenvalue weighted by molar-refractivity contribution is -0.144. The Morgan fingerprint density at radius 2 is 1.59 bits per heavy atom. The number of Topliss-reactive ketones (excluding diaryl/α,β-unsaturated/α-hetero) is 1. The quantitative estimate of drug-likeness (QED) is 0.125. The number of β-amino-alcohol motifs (C(OH)–C–C–N with tert-alkyl or cyclic N) is 1. The smallest absolute Gasteiger partial charge is 0.263 e. The summed E-state index contributed by atoms with van der Waals surface area (Å²) in [5, 5.41) is 17.3. The number of hydrogen-bond donors (Lipinski definition) is 3. The number of pyridine rings is 2. The van der Waals surface area contributed by atoms with Gasteiger partial charge in [0, 0.05) is 74.9 Å². The van der Waals surface area contributed by atoms with E-state index >= 15 is 0 Å². The van der Waals surface area contributed by atoms with Gasteiger partial charge in [-0.1, -0.05) is 57.9 Å². The summed E-state index contributed by atoms with van der Waals surface area (Å²) >= 11 is 1.57. The van der Waals surface area contributed by atoms with E-state index in [9.17, 15) is 33.9 Å². The largest absolute Gasteiger partial charge is 0.391 e. The number of aliphatic hydroxyl groups excluding tert-OH is 1. The highest BCUT2D eigenvalue weighted by Crippen LogP contribution is 2.33. The normalized spacial score (nSPS) is 19.5. The number of ketones is 1. The first-order chi connectivity index (χ1) is 35.4. The van der Waals surface area contributed by atoms with Crippen LogP contribution in [0.4, 0.5) is 5.69 Å². The zero-order chi connectivity index (χ0) is 52.4. The van der Waals surface area contributed by atoms with Crippen molar-refractivity contribution in [3.05, 3.63) is 98.6 Å². The minimum absolute atomic E-state index is 0.00478. The van der Waals surface area contributed by atoms with Crippen LogP contribution in [0.1, 0.15) is 117 Å². The second-order valence-electron chi connectivity index (χ2n) is 21.7. The number of nitrogens with zero attached hydrogens (tertiary/aromatic N) is 9. The summed E-state index contributed by atoms with van der Waals surface area (Å²) in [6, 6.07) is 10.1. The Kier molecular flexibility index (Phi) is 15.7. The first-order valence-electron chi connectivity index (χ1n) is 26.1. The fourth-order valence-electron chi connectivity index (χ4n) is 11.2. The topological polar surface area (TPSA) is 216 Å². The number of aliphatic hydroxyl groups is 1. The SMILES string of the molecule is CC(=O)c1c(C)c2cnc(Cc3ccc(N4CCN(C(=O)C5CCN(CC(=O)N[C@H](C(=O)N6C[C@H](O)C[C@H]6C(=O)NCc6ccc(-c7scnc7C)cc6)C(C)(C)C)CC5)CC4)cn3)nc2n(C2CCCC2)c1=O. The molecule has 3 atom stereocenters. The number of benzene rings is 1. The number of rotatable bonds is 14. The lowest BCUT2D eigenvalue weighted by Crippen LogP contribution is -2.59. The van der Waals surface area contributed by atoms with Crippen LogP contribution in [-0.2, 0) is 32.1 Å². The molecule has 19 heteroatoms. The van der Waals surface area contributed by atoms with E-state index in [0.717, 1.165) is 64.1 Å². The Morgan fingerprint density at radius 3 is 2.23 bits per heavy atom. The number of carbonyl (C=O) groups is 5. The van der Waals surface area contributed by atoms with Crippen LogP contribution in [0, 0.1) is 25.2 Å². The van der Waals surface area contributed by atoms with Crippen molar-refractivity contribution in [2.75, 3.05) is 57.3 Å². The predicted molar refractivity (Wildman–Crippen MR) is 283 cm³/mol. The average Bonchev–Trinajstić information content (AvgIpc) is 4.17. The first-order valence-corrected chi connectivity index (χ1v) is 27.0. The number of amides is 4. The van der Waals surface area contributed by atoms with Crippen molar-refractivity contribution in [2.24, 2.45) is 11.3 Å². The molecule has 4 fully saturated rings. The fraction of sp³-hybridized carbons (Fsp3) is 0.527. The highest BCUT2D eigenvalue weighted by molar-refractivity contribution is 7.13. The number of likely N-dealkylation sites (tertiary alicyclic amines) is 2. The molecule has 1 aromatic carbocycles. The Hall–Kier alpha value is -6.44. The van der Waals surface area contributed by atoms with Crippen LogP contribution in [0.5, 0.6) is 0 Å². The standard InChI is InChI=1S/C55H69N11O7S/c1-33-43-29-57-45(60-50(43)66(40-9-7-8-10-40)53(72)47(33)35(3)67)25-39-15-16-41(28-56-39)63-21-23-64(24-22-63)52(71)38-17-19-62(20-18-38)31-46(69)61-49(55(4,5)6)54(73)65-30-42(68)26-44(65)51(70)58-27-36-11-13-37(14-12-36)48-34(2)59-32-74-48/h11-16,28-29,32,38,40,42,44,49,68H,7-10,17-27,30-31H2,1-6H3,(H,58,70)(H,61,69)/t42-,44+,49-/m1/s1. The molecule has 0 bridgehead atoms. The number of piperazine rings is 1. The molecule has 7 heterocycles. The maximum atomic E-state index is 14.2. The van der Waals surface area contributed by atoms with Crippen LogP contribution in [-0.4, -0.2) is 144 Å². The molecular weight excluding hydrogens is 959 g/mol. The van der Waals surface area contributed by atoms with E-state index in [2.05, 4.69) is 25.5 Å². The second-order valence-corrected chi connectivity index (χ2v) is 22.5. The summed E-state index contributed by atoms with van der Waals surface area (Å²) in [5.74, 6) is -0.792. The van der Waals surface area contributed by atoms with Gasteiger partial charge in [0.25, 0.3) is 5.56 Å². The molecular formula is C55H69N11O7S. The van der Waals surface area contributed by atoms with Gasteiger partial charge in [-0.15, -0.1) is 11.3 Å². The summed E-state index contributed by atoms with van der Waals surface area (Å²) < 4.78 is 1.73. The Morgan fingerprint density at radius 1 is 0.878 bits per heavy atom. The van der Waals surface area contributed by atoms with E-state index in [-0.39, 0.29) is 72.6 Å². The van der Waals surface area contributed by atoms with Gasteiger partial charge in [0.2, 0.25) is 23.6 Å².